The molecule has 5 nitrogen and oxygen atoms in total. The monoisotopic (exact) mass is 214 g/mol. The standard InChI is InChI=1S/C10H18N2O3/c13-8-7-11-3-5-12(6-4-11)10(14)15-9-1-2-9/h9,13H,1-8H2. The topological polar surface area (TPSA) is 53.0 Å². The fraction of sp³-hybridized carbons (Fsp3) is 0.900. The molecule has 1 N–H and O–H groups in total. The third kappa shape index (κ3) is 3.07. The van der Waals surface area contributed by atoms with Gasteiger partial charge in [0.1, 0.15) is 6.10 Å². The molecule has 2 fully saturated rings. The summed E-state index contributed by atoms with van der Waals surface area (Å²) in [7, 11) is 0. The molecule has 0 bridgehead atoms. The van der Waals surface area contributed by atoms with Crippen molar-refractivity contribution in [2.45, 2.75) is 18.9 Å². The number of β-amino-alcohol motifs (C(OH)–C–C–N with tert-alkyl or cyclic N) is 1. The lowest BCUT2D eigenvalue weighted by Gasteiger charge is -2.33. The van der Waals surface area contributed by atoms with E-state index in [1.54, 1.807) is 4.90 Å². The van der Waals surface area contributed by atoms with Crippen molar-refractivity contribution < 1.29 is 14.6 Å². The van der Waals surface area contributed by atoms with Crippen LogP contribution in [0, 0.1) is 0 Å². The van der Waals surface area contributed by atoms with E-state index < -0.39 is 0 Å². The summed E-state index contributed by atoms with van der Waals surface area (Å²) in [5.74, 6) is 0. The van der Waals surface area contributed by atoms with Gasteiger partial charge in [-0.05, 0) is 12.8 Å². The van der Waals surface area contributed by atoms with Crippen molar-refractivity contribution in [1.82, 2.24) is 9.80 Å². The normalized spacial score (nSPS) is 22.9. The number of aliphatic hydroxyl groups excluding tert-OH is 1. The summed E-state index contributed by atoms with van der Waals surface area (Å²) in [6.45, 7) is 3.98. The van der Waals surface area contributed by atoms with E-state index in [1.165, 1.54) is 0 Å². The first-order valence-electron chi connectivity index (χ1n) is 5.58. The smallest absolute Gasteiger partial charge is 0.410 e. The van der Waals surface area contributed by atoms with Crippen LogP contribution >= 0.6 is 0 Å². The van der Waals surface area contributed by atoms with E-state index in [0.717, 1.165) is 25.9 Å². The van der Waals surface area contributed by atoms with Crippen LogP contribution in [0.3, 0.4) is 0 Å². The number of nitrogens with zero attached hydrogens (tertiary/aromatic N) is 2. The molecule has 0 aromatic carbocycles. The Balaban J connectivity index is 1.69. The highest BCUT2D eigenvalue weighted by atomic mass is 16.6. The molecule has 1 saturated heterocycles. The van der Waals surface area contributed by atoms with Gasteiger partial charge in [-0.15, -0.1) is 0 Å². The molecule has 2 rings (SSSR count). The van der Waals surface area contributed by atoms with Crippen molar-refractivity contribution in [3.63, 3.8) is 0 Å². The van der Waals surface area contributed by atoms with Crippen molar-refractivity contribution in [2.24, 2.45) is 0 Å². The van der Waals surface area contributed by atoms with Crippen molar-refractivity contribution in [3.05, 3.63) is 0 Å². The summed E-state index contributed by atoms with van der Waals surface area (Å²) in [5, 5.41) is 8.77. The quantitative estimate of drug-likeness (QED) is 0.712. The highest BCUT2D eigenvalue weighted by molar-refractivity contribution is 5.68. The Bertz CT molecular complexity index is 223. The van der Waals surface area contributed by atoms with Crippen LogP contribution in [0.1, 0.15) is 12.8 Å². The number of rotatable bonds is 3. The zero-order valence-corrected chi connectivity index (χ0v) is 8.89. The molecule has 1 heterocycles. The predicted molar refractivity (Wildman–Crippen MR) is 54.6 cm³/mol. The number of carbonyl (C=O) groups excluding carboxylic acids is 1. The first-order valence-corrected chi connectivity index (χ1v) is 5.58. The summed E-state index contributed by atoms with van der Waals surface area (Å²) in [4.78, 5) is 15.5. The molecule has 15 heavy (non-hydrogen) atoms. The van der Waals surface area contributed by atoms with Crippen molar-refractivity contribution >= 4 is 6.09 Å². The van der Waals surface area contributed by atoms with Gasteiger partial charge in [0.2, 0.25) is 0 Å². The van der Waals surface area contributed by atoms with E-state index in [9.17, 15) is 4.79 Å². The first-order chi connectivity index (χ1) is 7.29. The average Bonchev–Trinajstić information content (AvgIpc) is 3.03. The minimum absolute atomic E-state index is 0.166. The van der Waals surface area contributed by atoms with Gasteiger partial charge in [-0.3, -0.25) is 4.90 Å². The lowest BCUT2D eigenvalue weighted by atomic mass is 10.3. The zero-order valence-electron chi connectivity index (χ0n) is 8.89. The first kappa shape index (κ1) is 10.7. The third-order valence-electron chi connectivity index (χ3n) is 2.84. The molecule has 0 spiro atoms. The maximum absolute atomic E-state index is 11.5. The number of hydrogen-bond donors (Lipinski definition) is 1. The van der Waals surface area contributed by atoms with E-state index in [4.69, 9.17) is 9.84 Å². The minimum atomic E-state index is -0.166. The van der Waals surface area contributed by atoms with E-state index in [-0.39, 0.29) is 18.8 Å². The molecule has 2 aliphatic rings. The number of aliphatic hydroxyl groups is 1. The van der Waals surface area contributed by atoms with E-state index in [2.05, 4.69) is 4.90 Å². The van der Waals surface area contributed by atoms with Gasteiger partial charge in [0.15, 0.2) is 0 Å². The van der Waals surface area contributed by atoms with Crippen LogP contribution in [-0.4, -0.2) is 66.4 Å². The Morgan fingerprint density at radius 3 is 2.47 bits per heavy atom. The largest absolute Gasteiger partial charge is 0.446 e. The van der Waals surface area contributed by atoms with Crippen molar-refractivity contribution in [2.75, 3.05) is 39.3 Å². The molecule has 5 heteroatoms. The van der Waals surface area contributed by atoms with Crippen LogP contribution in [0.2, 0.25) is 0 Å². The Labute approximate surface area is 89.6 Å². The van der Waals surface area contributed by atoms with E-state index in [0.29, 0.717) is 19.6 Å². The Hall–Kier alpha value is -0.810. The average molecular weight is 214 g/mol. The number of piperazine rings is 1. The van der Waals surface area contributed by atoms with Crippen LogP contribution in [0.4, 0.5) is 4.79 Å². The molecule has 0 radical (unpaired) electrons. The second-order valence-electron chi connectivity index (χ2n) is 4.14. The number of ether oxygens (including phenoxy) is 1. The summed E-state index contributed by atoms with van der Waals surface area (Å²) in [6, 6.07) is 0. The van der Waals surface area contributed by atoms with Gasteiger partial charge in [-0.1, -0.05) is 0 Å². The van der Waals surface area contributed by atoms with Gasteiger partial charge in [0.05, 0.1) is 6.61 Å². The summed E-state index contributed by atoms with van der Waals surface area (Å²) in [6.07, 6.45) is 2.07. The molecule has 0 aromatic rings. The molecule has 0 aromatic heterocycles. The Morgan fingerprint density at radius 1 is 1.27 bits per heavy atom. The molecule has 1 amide bonds. The minimum Gasteiger partial charge on any atom is -0.446 e. The Kier molecular flexibility index (Phi) is 3.43. The molecular formula is C10H18N2O3. The highest BCUT2D eigenvalue weighted by Crippen LogP contribution is 2.24. The Morgan fingerprint density at radius 2 is 1.93 bits per heavy atom. The van der Waals surface area contributed by atoms with Crippen molar-refractivity contribution in [3.8, 4) is 0 Å². The van der Waals surface area contributed by atoms with Crippen LogP contribution in [0.5, 0.6) is 0 Å². The summed E-state index contributed by atoms with van der Waals surface area (Å²) >= 11 is 0. The van der Waals surface area contributed by atoms with Gasteiger partial charge in [-0.25, -0.2) is 4.79 Å². The molecule has 86 valence electrons. The van der Waals surface area contributed by atoms with Crippen LogP contribution < -0.4 is 0 Å². The lowest BCUT2D eigenvalue weighted by Crippen LogP contribution is -2.49. The van der Waals surface area contributed by atoms with Gasteiger partial charge >= 0.3 is 6.09 Å². The predicted octanol–water partition coefficient (Wildman–Crippen LogP) is -0.105. The number of carbonyl (C=O) groups is 1. The van der Waals surface area contributed by atoms with Crippen LogP contribution in [-0.2, 0) is 4.74 Å². The van der Waals surface area contributed by atoms with Gasteiger partial charge in [0, 0.05) is 32.7 Å². The molecule has 0 atom stereocenters. The molecule has 1 aliphatic carbocycles. The SMILES string of the molecule is O=C(OC1CC1)N1CCN(CCO)CC1. The molecule has 1 saturated carbocycles. The zero-order chi connectivity index (χ0) is 10.7. The number of hydrogen-bond acceptors (Lipinski definition) is 4. The molecular weight excluding hydrogens is 196 g/mol. The summed E-state index contributed by atoms with van der Waals surface area (Å²) < 4.78 is 5.22. The molecule has 1 aliphatic heterocycles. The summed E-state index contributed by atoms with van der Waals surface area (Å²) in [5.41, 5.74) is 0. The third-order valence-corrected chi connectivity index (χ3v) is 2.84. The maximum Gasteiger partial charge on any atom is 0.410 e. The number of amides is 1. The van der Waals surface area contributed by atoms with Gasteiger partial charge in [0.25, 0.3) is 0 Å². The van der Waals surface area contributed by atoms with Crippen LogP contribution in [0.15, 0.2) is 0 Å². The fourth-order valence-corrected chi connectivity index (χ4v) is 1.70. The highest BCUT2D eigenvalue weighted by Gasteiger charge is 2.29. The lowest BCUT2D eigenvalue weighted by molar-refractivity contribution is 0.0672. The van der Waals surface area contributed by atoms with E-state index in [1.807, 2.05) is 0 Å². The van der Waals surface area contributed by atoms with E-state index >= 15 is 0 Å². The second kappa shape index (κ2) is 4.81. The van der Waals surface area contributed by atoms with Gasteiger partial charge < -0.3 is 14.7 Å². The fourth-order valence-electron chi connectivity index (χ4n) is 1.70. The maximum atomic E-state index is 11.5. The second-order valence-corrected chi connectivity index (χ2v) is 4.14. The van der Waals surface area contributed by atoms with Gasteiger partial charge in [-0.2, -0.15) is 0 Å². The van der Waals surface area contributed by atoms with Crippen molar-refractivity contribution in [1.29, 1.82) is 0 Å². The van der Waals surface area contributed by atoms with Crippen LogP contribution in [0.25, 0.3) is 0 Å². The molecule has 0 unspecified atom stereocenters.